The maximum atomic E-state index is 6.04. The molecule has 140 valence electrons. The monoisotopic (exact) mass is 346 g/mol. The fourth-order valence-corrected chi connectivity index (χ4v) is 4.05. The third-order valence-electron chi connectivity index (χ3n) is 5.33. The predicted octanol–water partition coefficient (Wildman–Crippen LogP) is 3.50. The van der Waals surface area contributed by atoms with Crippen LogP contribution in [0.3, 0.4) is 0 Å². The summed E-state index contributed by atoms with van der Waals surface area (Å²) in [5, 5.41) is 3.74. The Balaban J connectivity index is 1.76. The van der Waals surface area contributed by atoms with Crippen molar-refractivity contribution in [2.45, 2.75) is 83.6 Å². The number of hydrogen-bond acceptors (Lipinski definition) is 5. The van der Waals surface area contributed by atoms with Gasteiger partial charge in [-0.3, -0.25) is 0 Å². The summed E-state index contributed by atoms with van der Waals surface area (Å²) in [6.07, 6.45) is 5.03. The Labute approximate surface area is 152 Å². The van der Waals surface area contributed by atoms with Gasteiger partial charge in [-0.1, -0.05) is 13.8 Å². The fourth-order valence-electron chi connectivity index (χ4n) is 4.05. The molecule has 2 fully saturated rings. The van der Waals surface area contributed by atoms with Crippen LogP contribution in [0.4, 0.5) is 11.5 Å². The van der Waals surface area contributed by atoms with Crippen LogP contribution in [-0.4, -0.2) is 42.4 Å². The van der Waals surface area contributed by atoms with Gasteiger partial charge in [0, 0.05) is 25.2 Å². The van der Waals surface area contributed by atoms with Crippen LogP contribution in [0.15, 0.2) is 12.1 Å². The minimum atomic E-state index is 0.247. The molecule has 0 unspecified atom stereocenters. The summed E-state index contributed by atoms with van der Waals surface area (Å²) < 4.78 is 5.86. The maximum Gasteiger partial charge on any atom is 0.129 e. The predicted molar refractivity (Wildman–Crippen MR) is 104 cm³/mol. The highest BCUT2D eigenvalue weighted by Crippen LogP contribution is 2.29. The lowest BCUT2D eigenvalue weighted by atomic mass is 9.91. The standard InChI is InChI=1S/C20H34N4O/c1-13(2)20-18(22-17-7-5-16(21)6-8-17)9-10-19(23-20)24-11-14(3)25-15(4)12-24/h9-10,13-17,22H,5-8,11-12,21H2,1-4H3/t14-,15+,16?,17?. The van der Waals surface area contributed by atoms with Crippen molar-refractivity contribution in [3.63, 3.8) is 0 Å². The summed E-state index contributed by atoms with van der Waals surface area (Å²) in [7, 11) is 0. The van der Waals surface area contributed by atoms with Crippen molar-refractivity contribution in [2.75, 3.05) is 23.3 Å². The Morgan fingerprint density at radius 2 is 1.76 bits per heavy atom. The van der Waals surface area contributed by atoms with E-state index in [4.69, 9.17) is 15.5 Å². The molecule has 2 heterocycles. The molecule has 1 aliphatic carbocycles. The van der Waals surface area contributed by atoms with Gasteiger partial charge in [-0.05, 0) is 57.6 Å². The van der Waals surface area contributed by atoms with Gasteiger partial charge in [-0.15, -0.1) is 0 Å². The van der Waals surface area contributed by atoms with E-state index in [2.05, 4.69) is 50.0 Å². The third kappa shape index (κ3) is 4.64. The normalized spacial score (nSPS) is 30.6. The molecular formula is C20H34N4O. The zero-order valence-electron chi connectivity index (χ0n) is 16.2. The van der Waals surface area contributed by atoms with Crippen LogP contribution in [0.5, 0.6) is 0 Å². The second kappa shape index (κ2) is 7.92. The molecule has 5 nitrogen and oxygen atoms in total. The number of rotatable bonds is 4. The third-order valence-corrected chi connectivity index (χ3v) is 5.33. The minimum Gasteiger partial charge on any atom is -0.381 e. The van der Waals surface area contributed by atoms with E-state index >= 15 is 0 Å². The first-order chi connectivity index (χ1) is 11.9. The first-order valence-electron chi connectivity index (χ1n) is 9.85. The highest BCUT2D eigenvalue weighted by molar-refractivity contribution is 5.56. The van der Waals surface area contributed by atoms with Gasteiger partial charge in [-0.25, -0.2) is 4.98 Å². The van der Waals surface area contributed by atoms with Gasteiger partial charge in [0.15, 0.2) is 0 Å². The largest absolute Gasteiger partial charge is 0.381 e. The Kier molecular flexibility index (Phi) is 5.85. The SMILES string of the molecule is CC(C)c1nc(N2C[C@@H](C)O[C@@H](C)C2)ccc1NC1CCC(N)CC1. The average molecular weight is 347 g/mol. The molecule has 25 heavy (non-hydrogen) atoms. The zero-order valence-corrected chi connectivity index (χ0v) is 16.2. The molecule has 1 saturated carbocycles. The molecule has 0 radical (unpaired) electrons. The number of ether oxygens (including phenoxy) is 1. The van der Waals surface area contributed by atoms with Gasteiger partial charge in [-0.2, -0.15) is 0 Å². The quantitative estimate of drug-likeness (QED) is 0.873. The molecular weight excluding hydrogens is 312 g/mol. The van der Waals surface area contributed by atoms with E-state index in [0.717, 1.165) is 44.6 Å². The van der Waals surface area contributed by atoms with E-state index in [1.165, 1.54) is 11.4 Å². The van der Waals surface area contributed by atoms with Crippen molar-refractivity contribution in [2.24, 2.45) is 5.73 Å². The Hall–Kier alpha value is -1.33. The maximum absolute atomic E-state index is 6.04. The summed E-state index contributed by atoms with van der Waals surface area (Å²) >= 11 is 0. The highest BCUT2D eigenvalue weighted by Gasteiger charge is 2.25. The highest BCUT2D eigenvalue weighted by atomic mass is 16.5. The smallest absolute Gasteiger partial charge is 0.129 e. The number of aromatic nitrogens is 1. The second-order valence-corrected chi connectivity index (χ2v) is 8.18. The van der Waals surface area contributed by atoms with Crippen molar-refractivity contribution < 1.29 is 4.74 Å². The molecule has 0 spiro atoms. The molecule has 0 aromatic carbocycles. The molecule has 1 saturated heterocycles. The second-order valence-electron chi connectivity index (χ2n) is 8.18. The van der Waals surface area contributed by atoms with Crippen molar-refractivity contribution in [3.05, 3.63) is 17.8 Å². The molecule has 3 rings (SSSR count). The summed E-state index contributed by atoms with van der Waals surface area (Å²) in [5.41, 5.74) is 8.39. The van der Waals surface area contributed by atoms with Gasteiger partial charge in [0.2, 0.25) is 0 Å². The van der Waals surface area contributed by atoms with Gasteiger partial charge in [0.1, 0.15) is 5.82 Å². The number of hydrogen-bond donors (Lipinski definition) is 2. The van der Waals surface area contributed by atoms with Crippen LogP contribution in [0.25, 0.3) is 0 Å². The molecule has 0 amide bonds. The Morgan fingerprint density at radius 1 is 1.12 bits per heavy atom. The minimum absolute atomic E-state index is 0.247. The van der Waals surface area contributed by atoms with Crippen molar-refractivity contribution >= 4 is 11.5 Å². The molecule has 0 bridgehead atoms. The first kappa shape index (κ1) is 18.5. The fraction of sp³-hybridized carbons (Fsp3) is 0.750. The van der Waals surface area contributed by atoms with Gasteiger partial charge < -0.3 is 20.7 Å². The van der Waals surface area contributed by atoms with E-state index < -0.39 is 0 Å². The summed E-state index contributed by atoms with van der Waals surface area (Å²) in [5.74, 6) is 1.46. The van der Waals surface area contributed by atoms with Crippen molar-refractivity contribution in [1.29, 1.82) is 0 Å². The molecule has 3 N–H and O–H groups in total. The number of nitrogens with two attached hydrogens (primary N) is 1. The van der Waals surface area contributed by atoms with Crippen LogP contribution >= 0.6 is 0 Å². The van der Waals surface area contributed by atoms with E-state index in [0.29, 0.717) is 18.0 Å². The number of pyridine rings is 1. The van der Waals surface area contributed by atoms with Crippen molar-refractivity contribution in [3.8, 4) is 0 Å². The molecule has 1 aliphatic heterocycles. The molecule has 1 aromatic heterocycles. The number of anilines is 2. The van der Waals surface area contributed by atoms with Gasteiger partial charge in [0.25, 0.3) is 0 Å². The van der Waals surface area contributed by atoms with Crippen molar-refractivity contribution in [1.82, 2.24) is 4.98 Å². The zero-order chi connectivity index (χ0) is 18.0. The average Bonchev–Trinajstić information content (AvgIpc) is 2.56. The van der Waals surface area contributed by atoms with E-state index in [9.17, 15) is 0 Å². The number of morpholine rings is 1. The first-order valence-corrected chi connectivity index (χ1v) is 9.85. The molecule has 2 atom stereocenters. The van der Waals surface area contributed by atoms with Crippen LogP contribution < -0.4 is 16.0 Å². The number of nitrogens with one attached hydrogen (secondary N) is 1. The van der Waals surface area contributed by atoms with Gasteiger partial charge in [0.05, 0.1) is 23.6 Å². The summed E-state index contributed by atoms with van der Waals surface area (Å²) in [6.45, 7) is 10.5. The Morgan fingerprint density at radius 3 is 2.36 bits per heavy atom. The lowest BCUT2D eigenvalue weighted by Crippen LogP contribution is -2.46. The van der Waals surface area contributed by atoms with Crippen LogP contribution in [-0.2, 0) is 4.74 Å². The summed E-state index contributed by atoms with van der Waals surface area (Å²) in [6, 6.07) is 5.28. The number of nitrogens with zero attached hydrogens (tertiary/aromatic N) is 2. The van der Waals surface area contributed by atoms with E-state index in [1.54, 1.807) is 0 Å². The lowest BCUT2D eigenvalue weighted by molar-refractivity contribution is -0.00546. The van der Waals surface area contributed by atoms with Gasteiger partial charge >= 0.3 is 0 Å². The summed E-state index contributed by atoms with van der Waals surface area (Å²) in [4.78, 5) is 7.38. The van der Waals surface area contributed by atoms with Crippen LogP contribution in [0, 0.1) is 0 Å². The molecule has 1 aromatic rings. The molecule has 5 heteroatoms. The van der Waals surface area contributed by atoms with Crippen LogP contribution in [0.1, 0.15) is 65.0 Å². The lowest BCUT2D eigenvalue weighted by Gasteiger charge is -2.36. The van der Waals surface area contributed by atoms with E-state index in [1.807, 2.05) is 0 Å². The molecule has 2 aliphatic rings. The van der Waals surface area contributed by atoms with E-state index in [-0.39, 0.29) is 12.2 Å². The van der Waals surface area contributed by atoms with Crippen LogP contribution in [0.2, 0.25) is 0 Å². The Bertz CT molecular complexity index is 559. The topological polar surface area (TPSA) is 63.4 Å².